The van der Waals surface area contributed by atoms with Crippen LogP contribution in [-0.2, 0) is 18.9 Å². The second-order valence-corrected chi connectivity index (χ2v) is 3.29. The van der Waals surface area contributed by atoms with Crippen LogP contribution in [0.25, 0.3) is 0 Å². The van der Waals surface area contributed by atoms with E-state index in [2.05, 4.69) is 4.99 Å². The third-order valence-electron chi connectivity index (χ3n) is 1.94. The van der Waals surface area contributed by atoms with E-state index in [-0.39, 0.29) is 6.04 Å². The number of hydrogen-bond acceptors (Lipinski definition) is 5. The van der Waals surface area contributed by atoms with Crippen molar-refractivity contribution in [1.29, 1.82) is 0 Å². The van der Waals surface area contributed by atoms with Gasteiger partial charge in [0.05, 0.1) is 7.11 Å². The van der Waals surface area contributed by atoms with Gasteiger partial charge in [-0.2, -0.15) is 0 Å². The summed E-state index contributed by atoms with van der Waals surface area (Å²) >= 11 is 0. The summed E-state index contributed by atoms with van der Waals surface area (Å²) in [5, 5.41) is 0. The third kappa shape index (κ3) is 4.59. The first-order valence-corrected chi connectivity index (χ1v) is 4.79. The first kappa shape index (κ1) is 14.3. The van der Waals surface area contributed by atoms with E-state index in [4.69, 9.17) is 18.9 Å². The van der Waals surface area contributed by atoms with E-state index in [0.29, 0.717) is 12.3 Å². The molecule has 0 atom stereocenters. The highest BCUT2D eigenvalue weighted by Crippen LogP contribution is 2.18. The van der Waals surface area contributed by atoms with E-state index >= 15 is 0 Å². The quantitative estimate of drug-likeness (QED) is 0.385. The predicted octanol–water partition coefficient (Wildman–Crippen LogP) is 1.42. The minimum atomic E-state index is -1.12. The third-order valence-corrected chi connectivity index (χ3v) is 1.94. The Morgan fingerprint density at radius 3 is 1.80 bits per heavy atom. The Morgan fingerprint density at radius 2 is 1.53 bits per heavy atom. The normalized spacial score (nSPS) is 13.4. The van der Waals surface area contributed by atoms with E-state index in [0.717, 1.165) is 0 Å². The van der Waals surface area contributed by atoms with Crippen molar-refractivity contribution in [2.45, 2.75) is 32.3 Å². The Morgan fingerprint density at radius 1 is 1.07 bits per heavy atom. The fourth-order valence-electron chi connectivity index (χ4n) is 1.11. The fourth-order valence-corrected chi connectivity index (χ4v) is 1.11. The molecule has 0 heterocycles. The lowest BCUT2D eigenvalue weighted by atomic mass is 10.3. The summed E-state index contributed by atoms with van der Waals surface area (Å²) in [5.74, 6) is -0.584. The molecular weight excluding hydrogens is 198 g/mol. The Hall–Kier alpha value is -0.650. The number of aliphatic imine (C=N–C) groups is 1. The molecule has 0 aromatic heterocycles. The molecule has 0 rings (SSSR count). The van der Waals surface area contributed by atoms with Gasteiger partial charge in [-0.25, -0.2) is 0 Å². The molecule has 0 unspecified atom stereocenters. The van der Waals surface area contributed by atoms with Crippen LogP contribution in [0.3, 0.4) is 0 Å². The Kier molecular flexibility index (Phi) is 6.47. The van der Waals surface area contributed by atoms with E-state index in [9.17, 15) is 0 Å². The lowest BCUT2D eigenvalue weighted by molar-refractivity contribution is -0.348. The fraction of sp³-hybridized carbons (Fsp3) is 0.900. The van der Waals surface area contributed by atoms with Gasteiger partial charge in [0, 0.05) is 27.4 Å². The summed E-state index contributed by atoms with van der Waals surface area (Å²) in [5.41, 5.74) is 0. The molecule has 0 N–H and O–H groups in total. The molecule has 0 aromatic carbocycles. The van der Waals surface area contributed by atoms with Gasteiger partial charge in [-0.15, -0.1) is 0 Å². The summed E-state index contributed by atoms with van der Waals surface area (Å²) in [6.45, 7) is 3.93. The Balaban J connectivity index is 4.62. The topological polar surface area (TPSA) is 49.3 Å². The second-order valence-electron chi connectivity index (χ2n) is 3.29. The molecule has 0 fully saturated rings. The average Bonchev–Trinajstić information content (AvgIpc) is 2.24. The van der Waals surface area contributed by atoms with Crippen LogP contribution in [0.1, 0.15) is 20.3 Å². The summed E-state index contributed by atoms with van der Waals surface area (Å²) in [6, 6.07) is 0.156. The van der Waals surface area contributed by atoms with Gasteiger partial charge in [-0.1, -0.05) is 0 Å². The molecule has 0 aliphatic carbocycles. The van der Waals surface area contributed by atoms with Crippen molar-refractivity contribution < 1.29 is 18.9 Å². The van der Waals surface area contributed by atoms with Gasteiger partial charge in [0.25, 0.3) is 5.97 Å². The van der Waals surface area contributed by atoms with Crippen molar-refractivity contribution in [2.24, 2.45) is 4.99 Å². The zero-order valence-electron chi connectivity index (χ0n) is 10.4. The molecule has 15 heavy (non-hydrogen) atoms. The standard InChI is InChI=1S/C10H21NO4/c1-8(2)11-9(12-3)7-10(13-4,14-5)15-6/h8H,7H2,1-6H3. The van der Waals surface area contributed by atoms with Gasteiger partial charge < -0.3 is 18.9 Å². The highest BCUT2D eigenvalue weighted by Gasteiger charge is 2.32. The SMILES string of the molecule is COC(CC(OC)(OC)OC)=NC(C)C. The van der Waals surface area contributed by atoms with Crippen molar-refractivity contribution in [2.75, 3.05) is 28.4 Å². The van der Waals surface area contributed by atoms with Gasteiger partial charge in [0.2, 0.25) is 0 Å². The van der Waals surface area contributed by atoms with Crippen LogP contribution in [0, 0.1) is 0 Å². The number of rotatable bonds is 6. The molecule has 0 aliphatic rings. The van der Waals surface area contributed by atoms with Crippen molar-refractivity contribution in [3.63, 3.8) is 0 Å². The summed E-state index contributed by atoms with van der Waals surface area (Å²) in [4.78, 5) is 4.28. The van der Waals surface area contributed by atoms with E-state index in [1.807, 2.05) is 13.8 Å². The lowest BCUT2D eigenvalue weighted by Gasteiger charge is -2.28. The van der Waals surface area contributed by atoms with Gasteiger partial charge in [-0.05, 0) is 13.8 Å². The maximum atomic E-state index is 5.14. The Labute approximate surface area is 91.4 Å². The van der Waals surface area contributed by atoms with Gasteiger partial charge in [-0.3, -0.25) is 4.99 Å². The molecule has 0 spiro atoms. The zero-order chi connectivity index (χ0) is 11.9. The molecule has 0 bridgehead atoms. The minimum absolute atomic E-state index is 0.156. The monoisotopic (exact) mass is 219 g/mol. The summed E-state index contributed by atoms with van der Waals surface area (Å²) < 4.78 is 20.6. The number of methoxy groups -OCH3 is 4. The van der Waals surface area contributed by atoms with Crippen molar-refractivity contribution in [3.05, 3.63) is 0 Å². The highest BCUT2D eigenvalue weighted by atomic mass is 16.9. The molecule has 5 nitrogen and oxygen atoms in total. The van der Waals surface area contributed by atoms with Gasteiger partial charge in [0.15, 0.2) is 5.90 Å². The maximum Gasteiger partial charge on any atom is 0.291 e. The molecule has 0 saturated heterocycles. The summed E-state index contributed by atoms with van der Waals surface area (Å²) in [6.07, 6.45) is 0.311. The number of nitrogens with zero attached hydrogens (tertiary/aromatic N) is 1. The average molecular weight is 219 g/mol. The van der Waals surface area contributed by atoms with Crippen LogP contribution in [0.4, 0.5) is 0 Å². The van der Waals surface area contributed by atoms with Crippen LogP contribution >= 0.6 is 0 Å². The molecule has 0 aliphatic heterocycles. The number of ether oxygens (including phenoxy) is 4. The van der Waals surface area contributed by atoms with E-state index < -0.39 is 5.97 Å². The molecular formula is C10H21NO4. The smallest absolute Gasteiger partial charge is 0.291 e. The van der Waals surface area contributed by atoms with Crippen LogP contribution < -0.4 is 0 Å². The van der Waals surface area contributed by atoms with Crippen LogP contribution in [0.2, 0.25) is 0 Å². The maximum absolute atomic E-state index is 5.14. The van der Waals surface area contributed by atoms with Crippen LogP contribution in [-0.4, -0.2) is 46.4 Å². The number of hydrogen-bond donors (Lipinski definition) is 0. The molecule has 90 valence electrons. The molecule has 0 aromatic rings. The van der Waals surface area contributed by atoms with Gasteiger partial charge in [0.1, 0.15) is 6.42 Å². The Bertz CT molecular complexity index is 191. The molecule has 5 heteroatoms. The lowest BCUT2D eigenvalue weighted by Crippen LogP contribution is -2.38. The minimum Gasteiger partial charge on any atom is -0.484 e. The zero-order valence-corrected chi connectivity index (χ0v) is 10.4. The van der Waals surface area contributed by atoms with Gasteiger partial charge >= 0.3 is 0 Å². The first-order chi connectivity index (χ1) is 7.03. The predicted molar refractivity (Wildman–Crippen MR) is 58.0 cm³/mol. The van der Waals surface area contributed by atoms with Crippen molar-refractivity contribution in [1.82, 2.24) is 0 Å². The highest BCUT2D eigenvalue weighted by molar-refractivity contribution is 5.76. The second kappa shape index (κ2) is 6.76. The van der Waals surface area contributed by atoms with E-state index in [1.54, 1.807) is 7.11 Å². The van der Waals surface area contributed by atoms with Crippen molar-refractivity contribution >= 4 is 5.90 Å². The van der Waals surface area contributed by atoms with Crippen LogP contribution in [0.5, 0.6) is 0 Å². The summed E-state index contributed by atoms with van der Waals surface area (Å²) in [7, 11) is 6.09. The largest absolute Gasteiger partial charge is 0.484 e. The van der Waals surface area contributed by atoms with Crippen molar-refractivity contribution in [3.8, 4) is 0 Å². The van der Waals surface area contributed by atoms with Crippen LogP contribution in [0.15, 0.2) is 4.99 Å². The first-order valence-electron chi connectivity index (χ1n) is 4.79. The molecule has 0 saturated carbocycles. The van der Waals surface area contributed by atoms with E-state index in [1.165, 1.54) is 21.3 Å². The molecule has 0 radical (unpaired) electrons. The molecule has 0 amide bonds.